The van der Waals surface area contributed by atoms with E-state index in [2.05, 4.69) is 80.5 Å². The predicted molar refractivity (Wildman–Crippen MR) is 143 cm³/mol. The molecule has 0 spiro atoms. The Balaban J connectivity index is 1.67. The van der Waals surface area contributed by atoms with E-state index in [1.54, 1.807) is 0 Å². The summed E-state index contributed by atoms with van der Waals surface area (Å²) in [5.41, 5.74) is 4.77. The summed E-state index contributed by atoms with van der Waals surface area (Å²) in [4.78, 5) is 7.34. The third kappa shape index (κ3) is 6.39. The van der Waals surface area contributed by atoms with Gasteiger partial charge in [-0.05, 0) is 42.0 Å². The highest BCUT2D eigenvalue weighted by atomic mass is 35.5. The molecule has 35 heavy (non-hydrogen) atoms. The molecule has 1 aliphatic heterocycles. The third-order valence-electron chi connectivity index (χ3n) is 6.23. The van der Waals surface area contributed by atoms with Gasteiger partial charge >= 0.3 is 0 Å². The molecule has 188 valence electrons. The molecular formula is C29H38ClN3O2. The number of nitrogens with zero attached hydrogens (tertiary/aromatic N) is 3. The van der Waals surface area contributed by atoms with E-state index in [1.807, 2.05) is 6.07 Å². The highest BCUT2D eigenvalue weighted by Crippen LogP contribution is 2.33. The SMILES string of the molecule is CCCCn1c(-c2ccccc2C)nc(Cl)c1CN(Cc1ccc2c(c1)OCCO2)CC(C)(C)C. The lowest BCUT2D eigenvalue weighted by molar-refractivity contribution is 0.166. The van der Waals surface area contributed by atoms with Crippen LogP contribution in [0.2, 0.25) is 5.15 Å². The van der Waals surface area contributed by atoms with Gasteiger partial charge in [-0.1, -0.05) is 76.0 Å². The minimum Gasteiger partial charge on any atom is -0.486 e. The number of unbranched alkanes of at least 4 members (excludes halogenated alkanes) is 1. The number of ether oxygens (including phenoxy) is 2. The Morgan fingerprint density at radius 2 is 1.77 bits per heavy atom. The number of aryl methyl sites for hydroxylation is 1. The van der Waals surface area contributed by atoms with Crippen molar-refractivity contribution in [3.05, 3.63) is 64.4 Å². The Labute approximate surface area is 215 Å². The zero-order valence-electron chi connectivity index (χ0n) is 21.7. The maximum atomic E-state index is 6.85. The molecule has 6 heteroatoms. The van der Waals surface area contributed by atoms with Gasteiger partial charge in [0.25, 0.3) is 0 Å². The van der Waals surface area contributed by atoms with Gasteiger partial charge < -0.3 is 14.0 Å². The molecule has 0 N–H and O–H groups in total. The van der Waals surface area contributed by atoms with Gasteiger partial charge in [0.2, 0.25) is 0 Å². The number of benzene rings is 2. The van der Waals surface area contributed by atoms with E-state index >= 15 is 0 Å². The molecule has 0 aliphatic carbocycles. The first kappa shape index (κ1) is 25.6. The van der Waals surface area contributed by atoms with Crippen LogP contribution in [0.5, 0.6) is 11.5 Å². The molecule has 4 rings (SSSR count). The predicted octanol–water partition coefficient (Wildman–Crippen LogP) is 7.13. The van der Waals surface area contributed by atoms with Crippen LogP contribution in [0, 0.1) is 12.3 Å². The molecule has 3 aromatic rings. The van der Waals surface area contributed by atoms with E-state index in [9.17, 15) is 0 Å². The lowest BCUT2D eigenvalue weighted by atomic mass is 9.95. The third-order valence-corrected chi connectivity index (χ3v) is 6.53. The topological polar surface area (TPSA) is 39.5 Å². The van der Waals surface area contributed by atoms with Gasteiger partial charge in [-0.25, -0.2) is 4.98 Å². The molecule has 0 fully saturated rings. The molecule has 0 radical (unpaired) electrons. The van der Waals surface area contributed by atoms with Crippen molar-refractivity contribution in [2.24, 2.45) is 5.41 Å². The van der Waals surface area contributed by atoms with Crippen molar-refractivity contribution in [3.8, 4) is 22.9 Å². The molecule has 2 heterocycles. The highest BCUT2D eigenvalue weighted by Gasteiger charge is 2.24. The van der Waals surface area contributed by atoms with Crippen LogP contribution < -0.4 is 9.47 Å². The minimum absolute atomic E-state index is 0.132. The second-order valence-corrected chi connectivity index (χ2v) is 11.0. The standard InChI is InChI=1S/C29H38ClN3O2/c1-6-7-14-33-24(27(30)31-28(33)23-11-9-8-10-21(23)2)19-32(20-29(3,4)5)18-22-12-13-25-26(17-22)35-16-15-34-25/h8-13,17H,6-7,14-16,18-20H2,1-5H3. The Morgan fingerprint density at radius 1 is 1.03 bits per heavy atom. The van der Waals surface area contributed by atoms with Gasteiger partial charge in [-0.15, -0.1) is 0 Å². The van der Waals surface area contributed by atoms with Gasteiger partial charge in [0.1, 0.15) is 19.0 Å². The van der Waals surface area contributed by atoms with E-state index in [-0.39, 0.29) is 5.41 Å². The van der Waals surface area contributed by atoms with Crippen molar-refractivity contribution < 1.29 is 9.47 Å². The maximum absolute atomic E-state index is 6.85. The number of aromatic nitrogens is 2. The highest BCUT2D eigenvalue weighted by molar-refractivity contribution is 6.30. The van der Waals surface area contributed by atoms with Crippen LogP contribution in [0.3, 0.4) is 0 Å². The fourth-order valence-corrected chi connectivity index (χ4v) is 4.93. The molecule has 0 atom stereocenters. The van der Waals surface area contributed by atoms with Crippen molar-refractivity contribution in [2.75, 3.05) is 19.8 Å². The Morgan fingerprint density at radius 3 is 2.49 bits per heavy atom. The monoisotopic (exact) mass is 495 g/mol. The van der Waals surface area contributed by atoms with E-state index in [1.165, 1.54) is 11.1 Å². The van der Waals surface area contributed by atoms with Gasteiger partial charge in [0.15, 0.2) is 16.7 Å². The van der Waals surface area contributed by atoms with Gasteiger partial charge in [0.05, 0.1) is 5.69 Å². The summed E-state index contributed by atoms with van der Waals surface area (Å²) in [6.45, 7) is 15.7. The smallest absolute Gasteiger partial charge is 0.161 e. The van der Waals surface area contributed by atoms with E-state index < -0.39 is 0 Å². The molecule has 2 aromatic carbocycles. The number of rotatable bonds is 9. The summed E-state index contributed by atoms with van der Waals surface area (Å²) in [6.07, 6.45) is 2.20. The zero-order chi connectivity index (χ0) is 25.0. The number of hydrogen-bond acceptors (Lipinski definition) is 4. The van der Waals surface area contributed by atoms with Crippen LogP contribution in [0.15, 0.2) is 42.5 Å². The summed E-state index contributed by atoms with van der Waals surface area (Å²) >= 11 is 6.85. The lowest BCUT2D eigenvalue weighted by Gasteiger charge is -2.31. The van der Waals surface area contributed by atoms with Crippen LogP contribution in [-0.4, -0.2) is 34.2 Å². The van der Waals surface area contributed by atoms with E-state index in [0.29, 0.717) is 18.4 Å². The first-order chi connectivity index (χ1) is 16.7. The minimum atomic E-state index is 0.132. The van der Waals surface area contributed by atoms with Crippen LogP contribution in [-0.2, 0) is 19.6 Å². The molecule has 0 unspecified atom stereocenters. The van der Waals surface area contributed by atoms with Crippen LogP contribution >= 0.6 is 11.6 Å². The van der Waals surface area contributed by atoms with Crippen LogP contribution in [0.25, 0.3) is 11.4 Å². The molecule has 1 aliphatic rings. The van der Waals surface area contributed by atoms with Crippen molar-refractivity contribution in [3.63, 3.8) is 0 Å². The largest absolute Gasteiger partial charge is 0.486 e. The maximum Gasteiger partial charge on any atom is 0.161 e. The quantitative estimate of drug-likeness (QED) is 0.316. The van der Waals surface area contributed by atoms with Gasteiger partial charge in [-0.2, -0.15) is 0 Å². The van der Waals surface area contributed by atoms with E-state index in [0.717, 1.165) is 67.6 Å². The number of hydrogen-bond donors (Lipinski definition) is 0. The van der Waals surface area contributed by atoms with Crippen molar-refractivity contribution in [1.82, 2.24) is 14.5 Å². The Kier molecular flexibility index (Phi) is 8.08. The number of halogens is 1. The van der Waals surface area contributed by atoms with Gasteiger partial charge in [-0.3, -0.25) is 4.90 Å². The summed E-state index contributed by atoms with van der Waals surface area (Å²) in [5.74, 6) is 2.62. The van der Waals surface area contributed by atoms with Crippen molar-refractivity contribution in [2.45, 2.75) is 67.1 Å². The zero-order valence-corrected chi connectivity index (χ0v) is 22.5. The lowest BCUT2D eigenvalue weighted by Crippen LogP contribution is -2.33. The average Bonchev–Trinajstić information content (AvgIpc) is 3.11. The second-order valence-electron chi connectivity index (χ2n) is 10.7. The first-order valence-electron chi connectivity index (χ1n) is 12.7. The summed E-state index contributed by atoms with van der Waals surface area (Å²) in [6, 6.07) is 14.7. The number of imidazole rings is 1. The Bertz CT molecular complexity index is 1150. The number of fused-ring (bicyclic) bond motifs is 1. The normalized spacial score (nSPS) is 13.5. The molecule has 0 amide bonds. The average molecular weight is 496 g/mol. The molecule has 5 nitrogen and oxygen atoms in total. The molecule has 0 saturated heterocycles. The summed E-state index contributed by atoms with van der Waals surface area (Å²) < 4.78 is 13.9. The molecule has 0 bridgehead atoms. The molecule has 0 saturated carbocycles. The van der Waals surface area contributed by atoms with E-state index in [4.69, 9.17) is 26.1 Å². The summed E-state index contributed by atoms with van der Waals surface area (Å²) in [5, 5.41) is 0.598. The summed E-state index contributed by atoms with van der Waals surface area (Å²) in [7, 11) is 0. The second kappa shape index (κ2) is 11.0. The van der Waals surface area contributed by atoms with Crippen LogP contribution in [0.4, 0.5) is 0 Å². The first-order valence-corrected chi connectivity index (χ1v) is 13.0. The van der Waals surface area contributed by atoms with Gasteiger partial charge in [0, 0.05) is 31.7 Å². The van der Waals surface area contributed by atoms with Crippen molar-refractivity contribution >= 4 is 11.6 Å². The fraction of sp³-hybridized carbons (Fsp3) is 0.483. The fourth-order valence-electron chi connectivity index (χ4n) is 4.69. The van der Waals surface area contributed by atoms with Crippen LogP contribution in [0.1, 0.15) is 57.4 Å². The van der Waals surface area contributed by atoms with Crippen molar-refractivity contribution in [1.29, 1.82) is 0 Å². The Hall–Kier alpha value is -2.50. The molecule has 1 aromatic heterocycles. The molecular weight excluding hydrogens is 458 g/mol.